The molecule has 0 bridgehead atoms. The number of piperidine rings is 1. The van der Waals surface area contributed by atoms with Crippen LogP contribution in [0.3, 0.4) is 0 Å². The van der Waals surface area contributed by atoms with Gasteiger partial charge in [-0.1, -0.05) is 42.5 Å². The summed E-state index contributed by atoms with van der Waals surface area (Å²) in [6, 6.07) is 21.7. The van der Waals surface area contributed by atoms with Gasteiger partial charge >= 0.3 is 0 Å². The third kappa shape index (κ3) is 6.22. The predicted molar refractivity (Wildman–Crippen MR) is 157 cm³/mol. The van der Waals surface area contributed by atoms with Crippen LogP contribution in [-0.2, 0) is 26.0 Å². The Balaban J connectivity index is 1.25. The Bertz CT molecular complexity index is 1520. The molecule has 1 fully saturated rings. The summed E-state index contributed by atoms with van der Waals surface area (Å²) in [5.74, 6) is 0.258. The molecule has 2 amide bonds. The Labute approximate surface area is 246 Å². The van der Waals surface area contributed by atoms with Gasteiger partial charge in [0, 0.05) is 31.6 Å². The van der Waals surface area contributed by atoms with Crippen LogP contribution in [0.15, 0.2) is 77.7 Å². The van der Waals surface area contributed by atoms with E-state index in [0.29, 0.717) is 43.0 Å². The van der Waals surface area contributed by atoms with E-state index in [1.54, 1.807) is 35.2 Å². The van der Waals surface area contributed by atoms with Crippen molar-refractivity contribution in [2.24, 2.45) is 5.92 Å². The number of rotatable bonds is 9. The number of ether oxygens (including phenoxy) is 3. The molecule has 0 radical (unpaired) electrons. The lowest BCUT2D eigenvalue weighted by Crippen LogP contribution is -2.53. The van der Waals surface area contributed by atoms with Crippen molar-refractivity contribution >= 4 is 27.5 Å². The molecule has 2 aliphatic rings. The van der Waals surface area contributed by atoms with Crippen LogP contribution in [0.25, 0.3) is 0 Å². The predicted octanol–water partition coefficient (Wildman–Crippen LogP) is 3.26. The molecular formula is C31H35N3O7S. The quantitative estimate of drug-likeness (QED) is 0.405. The molecule has 0 aliphatic carbocycles. The molecule has 11 heteroatoms. The van der Waals surface area contributed by atoms with Crippen LogP contribution >= 0.6 is 0 Å². The van der Waals surface area contributed by atoms with Crippen molar-refractivity contribution in [3.05, 3.63) is 78.4 Å². The van der Waals surface area contributed by atoms with Crippen LogP contribution in [0.5, 0.6) is 17.2 Å². The summed E-state index contributed by atoms with van der Waals surface area (Å²) in [5, 5.41) is 2.93. The van der Waals surface area contributed by atoms with Crippen molar-refractivity contribution in [3.63, 3.8) is 0 Å². The number of sulfonamides is 1. The fourth-order valence-corrected chi connectivity index (χ4v) is 7.00. The summed E-state index contributed by atoms with van der Waals surface area (Å²) in [5.41, 5.74) is 1.72. The van der Waals surface area contributed by atoms with Gasteiger partial charge in [-0.05, 0) is 49.1 Å². The highest BCUT2D eigenvalue weighted by atomic mass is 32.2. The molecule has 3 aromatic carbocycles. The lowest BCUT2D eigenvalue weighted by Gasteiger charge is -2.38. The van der Waals surface area contributed by atoms with Gasteiger partial charge in [-0.3, -0.25) is 9.59 Å². The highest BCUT2D eigenvalue weighted by Gasteiger charge is 2.39. The van der Waals surface area contributed by atoms with Crippen LogP contribution in [-0.4, -0.2) is 71.0 Å². The number of para-hydroxylation sites is 2. The second-order valence-electron chi connectivity index (χ2n) is 10.2. The fourth-order valence-electron chi connectivity index (χ4n) is 5.36. The van der Waals surface area contributed by atoms with Gasteiger partial charge < -0.3 is 24.4 Å². The number of nitrogens with zero attached hydrogens (tertiary/aromatic N) is 2. The standard InChI is InChI=1S/C31H35N3O7S/c1-39-24-12-13-27(40-2)29(20-24)42(37,38)33-18-15-23(16-19-33)31(36)34-21-28(41-26-11-7-6-10-25(26)34)30(35)32-17-14-22-8-4-3-5-9-22/h3-13,20,23,28H,14-19,21H2,1-2H3,(H,32,35)/t28-/m1/s1. The topological polar surface area (TPSA) is 114 Å². The number of amides is 2. The number of methoxy groups -OCH3 is 2. The van der Waals surface area contributed by atoms with Gasteiger partial charge in [0.2, 0.25) is 15.9 Å². The summed E-state index contributed by atoms with van der Waals surface area (Å²) in [4.78, 5) is 28.5. The number of carbonyl (C=O) groups is 2. The van der Waals surface area contributed by atoms with E-state index in [-0.39, 0.29) is 42.1 Å². The first-order valence-corrected chi connectivity index (χ1v) is 15.4. The first-order valence-electron chi connectivity index (χ1n) is 13.9. The van der Waals surface area contributed by atoms with Crippen LogP contribution in [0.4, 0.5) is 5.69 Å². The van der Waals surface area contributed by atoms with Crippen LogP contribution in [0.2, 0.25) is 0 Å². The first kappa shape index (κ1) is 29.4. The average molecular weight is 594 g/mol. The second kappa shape index (κ2) is 12.8. The molecule has 1 atom stereocenters. The van der Waals surface area contributed by atoms with Gasteiger partial charge in [0.05, 0.1) is 26.5 Å². The Morgan fingerprint density at radius 3 is 2.38 bits per heavy atom. The highest BCUT2D eigenvalue weighted by Crippen LogP contribution is 2.37. The van der Waals surface area contributed by atoms with E-state index in [9.17, 15) is 18.0 Å². The monoisotopic (exact) mass is 593 g/mol. The van der Waals surface area contributed by atoms with E-state index in [2.05, 4.69) is 5.32 Å². The average Bonchev–Trinajstić information content (AvgIpc) is 3.04. The molecule has 10 nitrogen and oxygen atoms in total. The van der Waals surface area contributed by atoms with Crippen LogP contribution in [0.1, 0.15) is 18.4 Å². The van der Waals surface area contributed by atoms with Crippen LogP contribution in [0, 0.1) is 5.92 Å². The van der Waals surface area contributed by atoms with E-state index < -0.39 is 22.0 Å². The van der Waals surface area contributed by atoms with Gasteiger partial charge in [0.15, 0.2) is 6.10 Å². The van der Waals surface area contributed by atoms with Crippen molar-refractivity contribution in [1.29, 1.82) is 0 Å². The number of anilines is 1. The first-order chi connectivity index (χ1) is 20.3. The lowest BCUT2D eigenvalue weighted by molar-refractivity contribution is -0.129. The van der Waals surface area contributed by atoms with Gasteiger partial charge in [0.25, 0.3) is 5.91 Å². The summed E-state index contributed by atoms with van der Waals surface area (Å²) in [6.07, 6.45) is 0.512. The smallest absolute Gasteiger partial charge is 0.262 e. The Kier molecular flexibility index (Phi) is 8.98. The van der Waals surface area contributed by atoms with Crippen molar-refractivity contribution < 1.29 is 32.2 Å². The summed E-state index contributed by atoms with van der Waals surface area (Å²) in [7, 11) is -0.989. The number of nitrogens with one attached hydrogen (secondary N) is 1. The molecule has 1 N–H and O–H groups in total. The Morgan fingerprint density at radius 2 is 1.67 bits per heavy atom. The summed E-state index contributed by atoms with van der Waals surface area (Å²) >= 11 is 0. The normalized spacial score (nSPS) is 17.6. The van der Waals surface area contributed by atoms with Gasteiger partial charge in [-0.25, -0.2) is 8.42 Å². The number of hydrogen-bond acceptors (Lipinski definition) is 7. The zero-order chi connectivity index (χ0) is 29.7. The van der Waals surface area contributed by atoms with E-state index in [1.807, 2.05) is 36.4 Å². The zero-order valence-corrected chi connectivity index (χ0v) is 24.5. The Morgan fingerprint density at radius 1 is 0.952 bits per heavy atom. The number of carbonyl (C=O) groups excluding carboxylic acids is 2. The van der Waals surface area contributed by atoms with Gasteiger partial charge in [-0.2, -0.15) is 4.31 Å². The van der Waals surface area contributed by atoms with Crippen LogP contribution < -0.4 is 24.4 Å². The maximum absolute atomic E-state index is 13.8. The molecule has 3 aromatic rings. The Hall–Kier alpha value is -4.09. The second-order valence-corrected chi connectivity index (χ2v) is 12.2. The highest BCUT2D eigenvalue weighted by molar-refractivity contribution is 7.89. The lowest BCUT2D eigenvalue weighted by atomic mass is 9.95. The minimum Gasteiger partial charge on any atom is -0.497 e. The summed E-state index contributed by atoms with van der Waals surface area (Å²) < 4.78 is 44.9. The molecular weight excluding hydrogens is 558 g/mol. The number of benzene rings is 3. The molecule has 222 valence electrons. The zero-order valence-electron chi connectivity index (χ0n) is 23.7. The largest absolute Gasteiger partial charge is 0.497 e. The fraction of sp³-hybridized carbons (Fsp3) is 0.355. The van der Waals surface area contributed by atoms with Gasteiger partial charge in [-0.15, -0.1) is 0 Å². The molecule has 5 rings (SSSR count). The maximum Gasteiger partial charge on any atom is 0.262 e. The molecule has 1 saturated heterocycles. The third-order valence-electron chi connectivity index (χ3n) is 7.68. The van der Waals surface area contributed by atoms with E-state index in [1.165, 1.54) is 24.6 Å². The maximum atomic E-state index is 13.8. The number of fused-ring (bicyclic) bond motifs is 1. The minimum atomic E-state index is -3.88. The summed E-state index contributed by atoms with van der Waals surface area (Å²) in [6.45, 7) is 0.874. The van der Waals surface area contributed by atoms with Gasteiger partial charge in [0.1, 0.15) is 22.1 Å². The molecule has 0 unspecified atom stereocenters. The van der Waals surface area contributed by atoms with Crippen molar-refractivity contribution in [2.45, 2.75) is 30.3 Å². The van der Waals surface area contributed by atoms with E-state index in [4.69, 9.17) is 14.2 Å². The SMILES string of the molecule is COc1ccc(OC)c(S(=O)(=O)N2CCC(C(=O)N3C[C@H](C(=O)NCCc4ccccc4)Oc4ccccc43)CC2)c1. The van der Waals surface area contributed by atoms with Crippen molar-refractivity contribution in [1.82, 2.24) is 9.62 Å². The van der Waals surface area contributed by atoms with Crippen molar-refractivity contribution in [2.75, 3.05) is 45.3 Å². The van der Waals surface area contributed by atoms with E-state index in [0.717, 1.165) is 5.56 Å². The number of hydrogen-bond donors (Lipinski definition) is 1. The van der Waals surface area contributed by atoms with Crippen molar-refractivity contribution in [3.8, 4) is 17.2 Å². The molecule has 0 saturated carbocycles. The third-order valence-corrected chi connectivity index (χ3v) is 9.60. The molecule has 0 aromatic heterocycles. The molecule has 2 heterocycles. The van der Waals surface area contributed by atoms with E-state index >= 15 is 0 Å². The minimum absolute atomic E-state index is 0.0253. The molecule has 2 aliphatic heterocycles. The molecule has 0 spiro atoms. The molecule has 42 heavy (non-hydrogen) atoms.